The maximum Gasteiger partial charge on any atom is 0.323 e. The van der Waals surface area contributed by atoms with E-state index in [0.29, 0.717) is 13.0 Å². The molecular formula is C14H16N2O3. The normalized spacial score (nSPS) is 22.3. The zero-order chi connectivity index (χ0) is 13.5. The average molecular weight is 260 g/mol. The van der Waals surface area contributed by atoms with E-state index in [-0.39, 0.29) is 24.7 Å². The number of piperidine rings is 1. The number of carbonyl (C=O) groups is 1. The minimum absolute atomic E-state index is 0.131. The minimum Gasteiger partial charge on any atom is -0.460 e. The van der Waals surface area contributed by atoms with Crippen LogP contribution in [-0.2, 0) is 20.9 Å². The van der Waals surface area contributed by atoms with E-state index in [0.717, 1.165) is 12.0 Å². The van der Waals surface area contributed by atoms with Crippen LogP contribution in [0.2, 0.25) is 0 Å². The van der Waals surface area contributed by atoms with Crippen molar-refractivity contribution in [3.63, 3.8) is 0 Å². The van der Waals surface area contributed by atoms with Gasteiger partial charge in [0.05, 0.1) is 6.04 Å². The van der Waals surface area contributed by atoms with Crippen molar-refractivity contribution in [1.82, 2.24) is 5.32 Å². The molecule has 0 radical (unpaired) electrons. The van der Waals surface area contributed by atoms with Gasteiger partial charge < -0.3 is 10.1 Å². The van der Waals surface area contributed by atoms with Crippen LogP contribution in [0.25, 0.3) is 0 Å². The molecule has 1 saturated heterocycles. The molecule has 5 nitrogen and oxygen atoms in total. The number of nitrogens with one attached hydrogen (secondary N) is 1. The predicted octanol–water partition coefficient (Wildman–Crippen LogP) is 1.19. The molecule has 2 unspecified atom stereocenters. The van der Waals surface area contributed by atoms with Gasteiger partial charge in [0, 0.05) is 0 Å². The largest absolute Gasteiger partial charge is 0.460 e. The summed E-state index contributed by atoms with van der Waals surface area (Å²) in [5.41, 5.74) is 0.953. The number of ether oxygens (including phenoxy) is 1. The van der Waals surface area contributed by atoms with Crippen LogP contribution in [0.5, 0.6) is 0 Å². The lowest BCUT2D eigenvalue weighted by Gasteiger charge is -2.25. The van der Waals surface area contributed by atoms with E-state index in [4.69, 9.17) is 4.74 Å². The maximum absolute atomic E-state index is 11.9. The monoisotopic (exact) mass is 260 g/mol. The molecule has 1 N–H and O–H groups in total. The Balaban J connectivity index is 1.84. The van der Waals surface area contributed by atoms with Crippen LogP contribution < -0.4 is 5.32 Å². The van der Waals surface area contributed by atoms with Crippen LogP contribution >= 0.6 is 0 Å². The van der Waals surface area contributed by atoms with Gasteiger partial charge in [0.2, 0.25) is 6.08 Å². The van der Waals surface area contributed by atoms with Crippen molar-refractivity contribution in [2.24, 2.45) is 4.99 Å². The van der Waals surface area contributed by atoms with Gasteiger partial charge in [0.25, 0.3) is 0 Å². The highest BCUT2D eigenvalue weighted by molar-refractivity contribution is 5.76. The molecule has 1 fully saturated rings. The molecule has 5 heteroatoms. The van der Waals surface area contributed by atoms with Crippen molar-refractivity contribution in [3.8, 4) is 0 Å². The fraction of sp³-hybridized carbons (Fsp3) is 0.429. The molecule has 1 aliphatic rings. The lowest BCUT2D eigenvalue weighted by molar-refractivity contribution is -0.148. The van der Waals surface area contributed by atoms with E-state index >= 15 is 0 Å². The van der Waals surface area contributed by atoms with Gasteiger partial charge >= 0.3 is 5.97 Å². The second kappa shape index (κ2) is 6.83. The lowest BCUT2D eigenvalue weighted by Crippen LogP contribution is -2.45. The van der Waals surface area contributed by atoms with Crippen molar-refractivity contribution < 1.29 is 14.3 Å². The first-order valence-electron chi connectivity index (χ1n) is 6.30. The second-order valence-corrected chi connectivity index (χ2v) is 4.50. The van der Waals surface area contributed by atoms with Crippen molar-refractivity contribution in [3.05, 3.63) is 35.9 Å². The molecule has 2 rings (SSSR count). The smallest absolute Gasteiger partial charge is 0.323 e. The standard InChI is InChI=1S/C14H16N2O3/c17-10-16-12-6-7-15-13(8-12)14(18)19-9-11-4-2-1-3-5-11/h1-5,12-13,15H,6-9H2. The minimum atomic E-state index is -0.389. The number of rotatable bonds is 4. The summed E-state index contributed by atoms with van der Waals surface area (Å²) in [6.07, 6.45) is 2.79. The number of hydrogen-bond donors (Lipinski definition) is 1. The van der Waals surface area contributed by atoms with E-state index in [2.05, 4.69) is 10.3 Å². The molecule has 1 aromatic carbocycles. The summed E-state index contributed by atoms with van der Waals surface area (Å²) >= 11 is 0. The first kappa shape index (κ1) is 13.5. The third-order valence-electron chi connectivity index (χ3n) is 3.12. The fourth-order valence-corrected chi connectivity index (χ4v) is 2.10. The summed E-state index contributed by atoms with van der Waals surface area (Å²) in [6, 6.07) is 9.00. The number of benzene rings is 1. The maximum atomic E-state index is 11.9. The summed E-state index contributed by atoms with van der Waals surface area (Å²) in [4.78, 5) is 25.8. The Morgan fingerprint density at radius 3 is 2.95 bits per heavy atom. The van der Waals surface area contributed by atoms with Crippen molar-refractivity contribution >= 4 is 12.0 Å². The van der Waals surface area contributed by atoms with Crippen LogP contribution in [0.15, 0.2) is 35.3 Å². The first-order chi connectivity index (χ1) is 9.29. The second-order valence-electron chi connectivity index (χ2n) is 4.50. The van der Waals surface area contributed by atoms with E-state index in [1.807, 2.05) is 30.3 Å². The Bertz CT molecular complexity index is 469. The molecule has 2 atom stereocenters. The lowest BCUT2D eigenvalue weighted by atomic mass is 10.0. The third kappa shape index (κ3) is 4.02. The van der Waals surface area contributed by atoms with Crippen molar-refractivity contribution in [2.45, 2.75) is 31.5 Å². The number of carbonyl (C=O) groups excluding carboxylic acids is 2. The number of aliphatic imine (C=N–C) groups is 1. The predicted molar refractivity (Wildman–Crippen MR) is 69.2 cm³/mol. The molecule has 1 heterocycles. The van der Waals surface area contributed by atoms with Gasteiger partial charge in [-0.05, 0) is 24.9 Å². The van der Waals surface area contributed by atoms with Gasteiger partial charge in [-0.15, -0.1) is 0 Å². The topological polar surface area (TPSA) is 67.8 Å². The van der Waals surface area contributed by atoms with Gasteiger partial charge in [-0.1, -0.05) is 30.3 Å². The number of esters is 1. The molecule has 0 spiro atoms. The zero-order valence-corrected chi connectivity index (χ0v) is 10.5. The van der Waals surface area contributed by atoms with Crippen LogP contribution in [0.3, 0.4) is 0 Å². The molecule has 0 bridgehead atoms. The Labute approximate surface area is 111 Å². The highest BCUT2D eigenvalue weighted by Gasteiger charge is 2.27. The summed E-state index contributed by atoms with van der Waals surface area (Å²) in [5, 5.41) is 3.08. The van der Waals surface area contributed by atoms with Gasteiger partial charge in [0.15, 0.2) is 0 Å². The molecule has 19 heavy (non-hydrogen) atoms. The quantitative estimate of drug-likeness (QED) is 0.501. The van der Waals surface area contributed by atoms with Crippen LogP contribution in [-0.4, -0.2) is 30.7 Å². The molecule has 1 aromatic rings. The molecule has 0 amide bonds. The van der Waals surface area contributed by atoms with Crippen molar-refractivity contribution in [1.29, 1.82) is 0 Å². The van der Waals surface area contributed by atoms with Gasteiger partial charge in [-0.3, -0.25) is 4.79 Å². The molecule has 1 aliphatic heterocycles. The van der Waals surface area contributed by atoms with E-state index in [9.17, 15) is 9.59 Å². The molecule has 0 saturated carbocycles. The Morgan fingerprint density at radius 2 is 2.21 bits per heavy atom. The highest BCUT2D eigenvalue weighted by Crippen LogP contribution is 2.13. The van der Waals surface area contributed by atoms with Crippen LogP contribution in [0.1, 0.15) is 18.4 Å². The van der Waals surface area contributed by atoms with Crippen LogP contribution in [0.4, 0.5) is 0 Å². The van der Waals surface area contributed by atoms with E-state index in [1.165, 1.54) is 0 Å². The molecule has 100 valence electrons. The Kier molecular flexibility index (Phi) is 4.84. The fourth-order valence-electron chi connectivity index (χ4n) is 2.10. The number of nitrogens with zero attached hydrogens (tertiary/aromatic N) is 1. The molecule has 0 aromatic heterocycles. The Hall–Kier alpha value is -1.97. The SMILES string of the molecule is O=C=NC1CCNC(C(=O)OCc2ccccc2)C1. The molecule has 0 aliphatic carbocycles. The Morgan fingerprint density at radius 1 is 1.42 bits per heavy atom. The summed E-state index contributed by atoms with van der Waals surface area (Å²) < 4.78 is 5.25. The molecular weight excluding hydrogens is 244 g/mol. The number of hydrogen-bond acceptors (Lipinski definition) is 5. The van der Waals surface area contributed by atoms with Crippen LogP contribution in [0, 0.1) is 0 Å². The zero-order valence-electron chi connectivity index (χ0n) is 10.5. The average Bonchev–Trinajstić information content (AvgIpc) is 2.46. The van der Waals surface area contributed by atoms with E-state index in [1.54, 1.807) is 6.08 Å². The first-order valence-corrected chi connectivity index (χ1v) is 6.30. The van der Waals surface area contributed by atoms with Gasteiger partial charge in [-0.25, -0.2) is 9.79 Å². The summed E-state index contributed by atoms with van der Waals surface area (Å²) in [6.45, 7) is 0.917. The van der Waals surface area contributed by atoms with Crippen molar-refractivity contribution in [2.75, 3.05) is 6.54 Å². The van der Waals surface area contributed by atoms with Gasteiger partial charge in [-0.2, -0.15) is 0 Å². The summed E-state index contributed by atoms with van der Waals surface area (Å²) in [5.74, 6) is -0.297. The number of isocyanates is 1. The highest BCUT2D eigenvalue weighted by atomic mass is 16.5. The third-order valence-corrected chi connectivity index (χ3v) is 3.12. The summed E-state index contributed by atoms with van der Waals surface area (Å²) in [7, 11) is 0. The van der Waals surface area contributed by atoms with Gasteiger partial charge in [0.1, 0.15) is 12.6 Å². The van der Waals surface area contributed by atoms with E-state index < -0.39 is 0 Å².